The fourth-order valence-electron chi connectivity index (χ4n) is 1.89. The van der Waals surface area contributed by atoms with Crippen LogP contribution in [-0.2, 0) is 6.54 Å². The van der Waals surface area contributed by atoms with Crippen molar-refractivity contribution < 1.29 is 9.90 Å². The van der Waals surface area contributed by atoms with Crippen LogP contribution in [0.5, 0.6) is 0 Å². The molecule has 104 valence electrons. The molecule has 5 nitrogen and oxygen atoms in total. The molecule has 6 heteroatoms. The largest absolute Gasteiger partial charge is 0.478 e. The van der Waals surface area contributed by atoms with Gasteiger partial charge in [-0.1, -0.05) is 23.7 Å². The zero-order valence-corrected chi connectivity index (χ0v) is 11.6. The molecular formula is C14H14ClN3O2. The highest BCUT2D eigenvalue weighted by Gasteiger charge is 2.15. The molecule has 0 atom stereocenters. The van der Waals surface area contributed by atoms with Crippen LogP contribution in [0, 0.1) is 0 Å². The third kappa shape index (κ3) is 3.00. The number of carboxylic acids is 1. The smallest absolute Gasteiger partial charge is 0.337 e. The molecule has 0 unspecified atom stereocenters. The van der Waals surface area contributed by atoms with E-state index in [4.69, 9.17) is 22.4 Å². The van der Waals surface area contributed by atoms with E-state index in [1.54, 1.807) is 24.1 Å². The van der Waals surface area contributed by atoms with Crippen LogP contribution in [-0.4, -0.2) is 23.1 Å². The second kappa shape index (κ2) is 5.79. The van der Waals surface area contributed by atoms with Crippen molar-refractivity contribution in [2.45, 2.75) is 6.54 Å². The lowest BCUT2D eigenvalue weighted by Crippen LogP contribution is -2.20. The van der Waals surface area contributed by atoms with Gasteiger partial charge in [-0.15, -0.1) is 0 Å². The number of halogens is 1. The van der Waals surface area contributed by atoms with Gasteiger partial charge in [-0.2, -0.15) is 0 Å². The van der Waals surface area contributed by atoms with Crippen LogP contribution >= 0.6 is 11.6 Å². The average molecular weight is 292 g/mol. The molecule has 2 rings (SSSR count). The normalized spacial score (nSPS) is 10.3. The standard InChI is InChI=1S/C14H14ClN3O2/c1-18(8-9-2-4-10(15)5-3-9)13-12(16)11(14(19)20)6-7-17-13/h2-7H,8,16H2,1H3,(H,19,20). The van der Waals surface area contributed by atoms with Crippen LogP contribution in [0.25, 0.3) is 0 Å². The molecule has 20 heavy (non-hydrogen) atoms. The Morgan fingerprint density at radius 2 is 2.00 bits per heavy atom. The van der Waals surface area contributed by atoms with Gasteiger partial charge in [0.1, 0.15) is 0 Å². The first-order valence-electron chi connectivity index (χ1n) is 5.92. The van der Waals surface area contributed by atoms with Crippen LogP contribution in [0.3, 0.4) is 0 Å². The maximum Gasteiger partial charge on any atom is 0.337 e. The number of pyridine rings is 1. The Hall–Kier alpha value is -2.27. The topological polar surface area (TPSA) is 79.5 Å². The summed E-state index contributed by atoms with van der Waals surface area (Å²) in [6.45, 7) is 0.553. The summed E-state index contributed by atoms with van der Waals surface area (Å²) in [5.74, 6) is -0.620. The van der Waals surface area contributed by atoms with Crippen LogP contribution in [0.1, 0.15) is 15.9 Å². The summed E-state index contributed by atoms with van der Waals surface area (Å²) >= 11 is 5.83. The molecule has 0 fully saturated rings. The Bertz CT molecular complexity index is 629. The number of nitrogen functional groups attached to an aromatic ring is 1. The van der Waals surface area contributed by atoms with Crippen LogP contribution < -0.4 is 10.6 Å². The number of hydrogen-bond acceptors (Lipinski definition) is 4. The minimum Gasteiger partial charge on any atom is -0.478 e. The SMILES string of the molecule is CN(Cc1ccc(Cl)cc1)c1nccc(C(=O)O)c1N. The summed E-state index contributed by atoms with van der Waals surface area (Å²) in [7, 11) is 1.80. The maximum absolute atomic E-state index is 11.1. The highest BCUT2D eigenvalue weighted by molar-refractivity contribution is 6.30. The van der Waals surface area contributed by atoms with Gasteiger partial charge in [0, 0.05) is 24.8 Å². The Balaban J connectivity index is 2.25. The van der Waals surface area contributed by atoms with Crippen molar-refractivity contribution in [1.29, 1.82) is 0 Å². The Labute approximate surface area is 121 Å². The van der Waals surface area contributed by atoms with Crippen molar-refractivity contribution >= 4 is 29.1 Å². The van der Waals surface area contributed by atoms with Gasteiger partial charge >= 0.3 is 5.97 Å². The third-order valence-electron chi connectivity index (χ3n) is 2.89. The van der Waals surface area contributed by atoms with Crippen molar-refractivity contribution in [2.24, 2.45) is 0 Å². The Morgan fingerprint density at radius 3 is 2.60 bits per heavy atom. The maximum atomic E-state index is 11.1. The Kier molecular flexibility index (Phi) is 4.10. The second-order valence-electron chi connectivity index (χ2n) is 4.38. The number of rotatable bonds is 4. The molecule has 0 saturated heterocycles. The molecule has 0 aliphatic heterocycles. The first-order chi connectivity index (χ1) is 9.49. The number of carboxylic acid groups (broad SMARTS) is 1. The number of anilines is 2. The molecule has 3 N–H and O–H groups in total. The van der Waals surface area contributed by atoms with Crippen LogP contribution in [0.4, 0.5) is 11.5 Å². The summed E-state index contributed by atoms with van der Waals surface area (Å²) in [5, 5.41) is 9.72. The number of carbonyl (C=O) groups is 1. The molecule has 0 saturated carbocycles. The van der Waals surface area contributed by atoms with Gasteiger partial charge in [-0.05, 0) is 23.8 Å². The summed E-state index contributed by atoms with van der Waals surface area (Å²) < 4.78 is 0. The highest BCUT2D eigenvalue weighted by Crippen LogP contribution is 2.24. The van der Waals surface area contributed by atoms with Crippen molar-refractivity contribution in [3.05, 3.63) is 52.7 Å². The monoisotopic (exact) mass is 291 g/mol. The van der Waals surface area contributed by atoms with E-state index in [9.17, 15) is 4.79 Å². The number of hydrogen-bond donors (Lipinski definition) is 2. The van der Waals surface area contributed by atoms with E-state index in [1.807, 2.05) is 12.1 Å². The van der Waals surface area contributed by atoms with E-state index in [-0.39, 0.29) is 11.3 Å². The molecule has 0 aliphatic rings. The molecule has 0 spiro atoms. The summed E-state index contributed by atoms with van der Waals surface area (Å²) in [5.41, 5.74) is 7.10. The van der Waals surface area contributed by atoms with Gasteiger partial charge in [0.25, 0.3) is 0 Å². The minimum atomic E-state index is -1.06. The number of aromatic nitrogens is 1. The fraction of sp³-hybridized carbons (Fsp3) is 0.143. The van der Waals surface area contributed by atoms with Gasteiger partial charge in [0.05, 0.1) is 11.3 Å². The van der Waals surface area contributed by atoms with E-state index in [0.29, 0.717) is 17.4 Å². The first-order valence-corrected chi connectivity index (χ1v) is 6.30. The summed E-state index contributed by atoms with van der Waals surface area (Å²) in [6.07, 6.45) is 1.44. The summed E-state index contributed by atoms with van der Waals surface area (Å²) in [4.78, 5) is 17.0. The van der Waals surface area contributed by atoms with E-state index in [1.165, 1.54) is 12.3 Å². The van der Waals surface area contributed by atoms with Gasteiger partial charge in [0.2, 0.25) is 0 Å². The van der Waals surface area contributed by atoms with Crippen LogP contribution in [0.2, 0.25) is 5.02 Å². The van der Waals surface area contributed by atoms with Gasteiger partial charge in [0.15, 0.2) is 5.82 Å². The summed E-state index contributed by atoms with van der Waals surface area (Å²) in [6, 6.07) is 8.79. The lowest BCUT2D eigenvalue weighted by molar-refractivity contribution is 0.0698. The molecule has 0 bridgehead atoms. The molecule has 1 aromatic carbocycles. The van der Waals surface area contributed by atoms with Gasteiger partial charge in [-0.25, -0.2) is 9.78 Å². The van der Waals surface area contributed by atoms with Gasteiger partial charge < -0.3 is 15.7 Å². The predicted molar refractivity (Wildman–Crippen MR) is 79.2 cm³/mol. The highest BCUT2D eigenvalue weighted by atomic mass is 35.5. The van der Waals surface area contributed by atoms with Crippen LogP contribution in [0.15, 0.2) is 36.5 Å². The first kappa shape index (κ1) is 14.1. The minimum absolute atomic E-state index is 0.0537. The van der Waals surface area contributed by atoms with E-state index < -0.39 is 5.97 Å². The lowest BCUT2D eigenvalue weighted by Gasteiger charge is -2.20. The molecule has 1 heterocycles. The quantitative estimate of drug-likeness (QED) is 0.905. The lowest BCUT2D eigenvalue weighted by atomic mass is 10.2. The molecular weight excluding hydrogens is 278 g/mol. The molecule has 2 aromatic rings. The van der Waals surface area contributed by atoms with Gasteiger partial charge in [-0.3, -0.25) is 0 Å². The second-order valence-corrected chi connectivity index (χ2v) is 4.82. The number of nitrogens with two attached hydrogens (primary N) is 1. The van der Waals surface area contributed by atoms with Crippen molar-refractivity contribution in [1.82, 2.24) is 4.98 Å². The van der Waals surface area contributed by atoms with E-state index >= 15 is 0 Å². The Morgan fingerprint density at radius 1 is 1.35 bits per heavy atom. The fourth-order valence-corrected chi connectivity index (χ4v) is 2.02. The number of nitrogens with zero attached hydrogens (tertiary/aromatic N) is 2. The zero-order chi connectivity index (χ0) is 14.7. The van der Waals surface area contributed by atoms with Crippen molar-refractivity contribution in [3.8, 4) is 0 Å². The van der Waals surface area contributed by atoms with E-state index in [2.05, 4.69) is 4.98 Å². The number of aromatic carboxylic acids is 1. The number of benzene rings is 1. The molecule has 0 radical (unpaired) electrons. The zero-order valence-electron chi connectivity index (χ0n) is 10.9. The molecule has 0 amide bonds. The third-order valence-corrected chi connectivity index (χ3v) is 3.15. The molecule has 0 aliphatic carbocycles. The average Bonchev–Trinajstić information content (AvgIpc) is 2.41. The van der Waals surface area contributed by atoms with E-state index in [0.717, 1.165) is 5.56 Å². The predicted octanol–water partition coefficient (Wildman–Crippen LogP) is 2.65. The van der Waals surface area contributed by atoms with Crippen molar-refractivity contribution in [2.75, 3.05) is 17.7 Å². The molecule has 1 aromatic heterocycles. The van der Waals surface area contributed by atoms with Crippen molar-refractivity contribution in [3.63, 3.8) is 0 Å².